The predicted molar refractivity (Wildman–Crippen MR) is 69.2 cm³/mol. The number of carbonyl (C=O) groups excluding carboxylic acids is 1. The van der Waals surface area contributed by atoms with E-state index in [-0.39, 0.29) is 12.4 Å². The summed E-state index contributed by atoms with van der Waals surface area (Å²) in [4.78, 5) is 11.4. The van der Waals surface area contributed by atoms with Crippen LogP contribution in [0.3, 0.4) is 0 Å². The number of esters is 1. The molecule has 0 heterocycles. The summed E-state index contributed by atoms with van der Waals surface area (Å²) in [5, 5.41) is 1.39. The Bertz CT molecular complexity index is 391. The van der Waals surface area contributed by atoms with Gasteiger partial charge in [-0.25, -0.2) is 0 Å². The van der Waals surface area contributed by atoms with E-state index in [1.807, 2.05) is 19.1 Å². The number of hydrogen-bond donors (Lipinski definition) is 0. The fourth-order valence-electron chi connectivity index (χ4n) is 1.44. The summed E-state index contributed by atoms with van der Waals surface area (Å²) < 4.78 is 4.92. The van der Waals surface area contributed by atoms with Crippen molar-refractivity contribution < 1.29 is 9.53 Å². The van der Waals surface area contributed by atoms with E-state index in [0.29, 0.717) is 17.0 Å². The number of aryl methyl sites for hydroxylation is 1. The first-order chi connectivity index (χ1) is 7.58. The van der Waals surface area contributed by atoms with Gasteiger partial charge in [-0.2, -0.15) is 0 Å². The van der Waals surface area contributed by atoms with E-state index in [9.17, 15) is 4.79 Å². The molecule has 2 nitrogen and oxygen atoms in total. The van der Waals surface area contributed by atoms with E-state index in [0.717, 1.165) is 16.7 Å². The summed E-state index contributed by atoms with van der Waals surface area (Å²) >= 11 is 9.44. The number of carbonyl (C=O) groups is 1. The molecule has 1 rings (SSSR count). The molecule has 1 aromatic rings. The second-order valence-electron chi connectivity index (χ2n) is 3.49. The Morgan fingerprint density at radius 2 is 2.12 bits per heavy atom. The van der Waals surface area contributed by atoms with Crippen LogP contribution >= 0.6 is 27.5 Å². The van der Waals surface area contributed by atoms with Crippen LogP contribution in [0.5, 0.6) is 0 Å². The van der Waals surface area contributed by atoms with E-state index >= 15 is 0 Å². The average molecular weight is 306 g/mol. The van der Waals surface area contributed by atoms with Gasteiger partial charge >= 0.3 is 5.97 Å². The molecule has 0 aliphatic rings. The van der Waals surface area contributed by atoms with E-state index in [2.05, 4.69) is 15.9 Å². The van der Waals surface area contributed by atoms with Crippen molar-refractivity contribution in [2.24, 2.45) is 0 Å². The molecule has 0 saturated carbocycles. The van der Waals surface area contributed by atoms with Crippen LogP contribution < -0.4 is 0 Å². The van der Waals surface area contributed by atoms with Crippen molar-refractivity contribution in [3.8, 4) is 0 Å². The Labute approximate surface area is 109 Å². The van der Waals surface area contributed by atoms with Crippen LogP contribution in [0.1, 0.15) is 23.6 Å². The van der Waals surface area contributed by atoms with Crippen molar-refractivity contribution in [1.29, 1.82) is 0 Å². The quantitative estimate of drug-likeness (QED) is 0.627. The Morgan fingerprint density at radius 1 is 1.44 bits per heavy atom. The van der Waals surface area contributed by atoms with Gasteiger partial charge in [-0.15, -0.1) is 0 Å². The second kappa shape index (κ2) is 6.26. The molecular weight excluding hydrogens is 291 g/mol. The largest absolute Gasteiger partial charge is 0.466 e. The molecule has 0 saturated heterocycles. The molecule has 0 atom stereocenters. The molecule has 4 heteroatoms. The van der Waals surface area contributed by atoms with Crippen molar-refractivity contribution in [3.63, 3.8) is 0 Å². The van der Waals surface area contributed by atoms with Crippen molar-refractivity contribution in [2.75, 3.05) is 6.61 Å². The fourth-order valence-corrected chi connectivity index (χ4v) is 2.15. The molecule has 0 N–H and O–H groups in total. The summed E-state index contributed by atoms with van der Waals surface area (Å²) in [6.07, 6.45) is 0.273. The Balaban J connectivity index is 2.94. The zero-order valence-corrected chi connectivity index (χ0v) is 11.7. The maximum Gasteiger partial charge on any atom is 0.310 e. The summed E-state index contributed by atoms with van der Waals surface area (Å²) in [6.45, 7) is 4.15. The highest BCUT2D eigenvalue weighted by Gasteiger charge is 2.10. The van der Waals surface area contributed by atoms with Crippen molar-refractivity contribution in [1.82, 2.24) is 0 Å². The van der Waals surface area contributed by atoms with Crippen LogP contribution in [0.25, 0.3) is 0 Å². The number of benzene rings is 1. The van der Waals surface area contributed by atoms with Crippen LogP contribution in [0, 0.1) is 6.92 Å². The van der Waals surface area contributed by atoms with Gasteiger partial charge in [0.05, 0.1) is 13.0 Å². The first kappa shape index (κ1) is 13.5. The number of ether oxygens (including phenoxy) is 1. The van der Waals surface area contributed by atoms with Gasteiger partial charge in [-0.05, 0) is 36.6 Å². The summed E-state index contributed by atoms with van der Waals surface area (Å²) in [7, 11) is 0. The van der Waals surface area contributed by atoms with Gasteiger partial charge in [0.1, 0.15) is 0 Å². The Hall–Kier alpha value is -0.540. The first-order valence-electron chi connectivity index (χ1n) is 5.08. The molecule has 0 aliphatic carbocycles. The average Bonchev–Trinajstić information content (AvgIpc) is 2.23. The van der Waals surface area contributed by atoms with E-state index in [4.69, 9.17) is 16.3 Å². The fraction of sp³-hybridized carbons (Fsp3) is 0.417. The standard InChI is InChI=1S/C12H14BrClO2/c1-3-16-12(15)6-9-5-11(14)8(2)4-10(9)7-13/h4-5H,3,6-7H2,1-2H3. The Morgan fingerprint density at radius 3 is 2.69 bits per heavy atom. The van der Waals surface area contributed by atoms with Crippen LogP contribution in [0.2, 0.25) is 5.02 Å². The highest BCUT2D eigenvalue weighted by Crippen LogP contribution is 2.23. The molecule has 0 radical (unpaired) electrons. The van der Waals surface area contributed by atoms with Gasteiger partial charge in [0.25, 0.3) is 0 Å². The minimum atomic E-state index is -0.218. The smallest absolute Gasteiger partial charge is 0.310 e. The van der Waals surface area contributed by atoms with Crippen molar-refractivity contribution >= 4 is 33.5 Å². The third-order valence-corrected chi connectivity index (χ3v) is 3.28. The third kappa shape index (κ3) is 3.49. The second-order valence-corrected chi connectivity index (χ2v) is 4.45. The maximum absolute atomic E-state index is 11.4. The topological polar surface area (TPSA) is 26.3 Å². The van der Waals surface area contributed by atoms with E-state index < -0.39 is 0 Å². The lowest BCUT2D eigenvalue weighted by molar-refractivity contribution is -0.142. The minimum absolute atomic E-state index is 0.218. The lowest BCUT2D eigenvalue weighted by Gasteiger charge is -2.09. The van der Waals surface area contributed by atoms with Crippen molar-refractivity contribution in [2.45, 2.75) is 25.6 Å². The van der Waals surface area contributed by atoms with Gasteiger partial charge in [-0.1, -0.05) is 33.6 Å². The number of hydrogen-bond acceptors (Lipinski definition) is 2. The molecule has 0 amide bonds. The van der Waals surface area contributed by atoms with Gasteiger partial charge in [0.15, 0.2) is 0 Å². The summed E-state index contributed by atoms with van der Waals surface area (Å²) in [5.41, 5.74) is 3.02. The number of rotatable bonds is 4. The third-order valence-electron chi connectivity index (χ3n) is 2.26. The van der Waals surface area contributed by atoms with Gasteiger partial charge in [0.2, 0.25) is 0 Å². The van der Waals surface area contributed by atoms with Gasteiger partial charge < -0.3 is 4.74 Å². The zero-order valence-electron chi connectivity index (χ0n) is 9.35. The SMILES string of the molecule is CCOC(=O)Cc1cc(Cl)c(C)cc1CBr. The minimum Gasteiger partial charge on any atom is -0.466 e. The zero-order chi connectivity index (χ0) is 12.1. The van der Waals surface area contributed by atoms with E-state index in [1.54, 1.807) is 6.92 Å². The lowest BCUT2D eigenvalue weighted by Crippen LogP contribution is -2.09. The van der Waals surface area contributed by atoms with E-state index in [1.165, 1.54) is 0 Å². The molecular formula is C12H14BrClO2. The monoisotopic (exact) mass is 304 g/mol. The number of halogens is 2. The molecule has 88 valence electrons. The molecule has 16 heavy (non-hydrogen) atoms. The molecule has 0 bridgehead atoms. The molecule has 1 aromatic carbocycles. The summed E-state index contributed by atoms with van der Waals surface area (Å²) in [5.74, 6) is -0.218. The first-order valence-corrected chi connectivity index (χ1v) is 6.58. The van der Waals surface area contributed by atoms with Crippen LogP contribution in [0.15, 0.2) is 12.1 Å². The normalized spacial score (nSPS) is 10.2. The lowest BCUT2D eigenvalue weighted by atomic mass is 10.0. The van der Waals surface area contributed by atoms with Crippen LogP contribution in [-0.4, -0.2) is 12.6 Å². The molecule has 0 aromatic heterocycles. The molecule has 0 aliphatic heterocycles. The predicted octanol–water partition coefficient (Wildman–Crippen LogP) is 3.65. The number of alkyl halides is 1. The molecule has 0 unspecified atom stereocenters. The summed E-state index contributed by atoms with van der Waals surface area (Å²) in [6, 6.07) is 3.83. The van der Waals surface area contributed by atoms with Gasteiger partial charge in [0, 0.05) is 10.4 Å². The molecule has 0 spiro atoms. The van der Waals surface area contributed by atoms with Gasteiger partial charge in [-0.3, -0.25) is 4.79 Å². The van der Waals surface area contributed by atoms with Crippen LogP contribution in [-0.2, 0) is 21.3 Å². The maximum atomic E-state index is 11.4. The van der Waals surface area contributed by atoms with Crippen molar-refractivity contribution in [3.05, 3.63) is 33.8 Å². The Kier molecular flexibility index (Phi) is 5.29. The van der Waals surface area contributed by atoms with Crippen LogP contribution in [0.4, 0.5) is 0 Å². The highest BCUT2D eigenvalue weighted by molar-refractivity contribution is 9.08. The highest BCUT2D eigenvalue weighted by atomic mass is 79.9. The molecule has 0 fully saturated rings.